The van der Waals surface area contributed by atoms with Crippen LogP contribution in [0.1, 0.15) is 36.9 Å². The Bertz CT molecular complexity index is 455. The molecule has 5 heteroatoms. The zero-order valence-electron chi connectivity index (χ0n) is 11.4. The third kappa shape index (κ3) is 3.44. The predicted octanol–water partition coefficient (Wildman–Crippen LogP) is 1.08. The molecule has 0 aromatic carbocycles. The van der Waals surface area contributed by atoms with Gasteiger partial charge in [-0.3, -0.25) is 4.79 Å². The third-order valence-corrected chi connectivity index (χ3v) is 3.62. The normalized spacial score (nSPS) is 15.7. The SMILES string of the molecule is Cc1cc(CN)cc(N(CC(N)=O)C2CCCC2)n1. The van der Waals surface area contributed by atoms with Crippen LogP contribution in [0, 0.1) is 6.92 Å². The van der Waals surface area contributed by atoms with Crippen LogP contribution in [0.15, 0.2) is 12.1 Å². The Balaban J connectivity index is 2.30. The Morgan fingerprint density at radius 1 is 1.42 bits per heavy atom. The number of aryl methyl sites for hydroxylation is 1. The molecule has 1 aromatic rings. The van der Waals surface area contributed by atoms with Crippen LogP contribution in [-0.2, 0) is 11.3 Å². The lowest BCUT2D eigenvalue weighted by Gasteiger charge is -2.29. The molecule has 0 atom stereocenters. The first-order valence-corrected chi connectivity index (χ1v) is 6.82. The van der Waals surface area contributed by atoms with Crippen molar-refractivity contribution in [2.24, 2.45) is 11.5 Å². The van der Waals surface area contributed by atoms with E-state index in [0.29, 0.717) is 12.6 Å². The van der Waals surface area contributed by atoms with Gasteiger partial charge in [-0.15, -0.1) is 0 Å². The van der Waals surface area contributed by atoms with Crippen LogP contribution in [0.5, 0.6) is 0 Å². The second-order valence-electron chi connectivity index (χ2n) is 5.21. The standard InChI is InChI=1S/C14H22N4O/c1-10-6-11(8-15)7-14(17-10)18(9-13(16)19)12-4-2-3-5-12/h6-7,12H,2-5,8-9,15H2,1H3,(H2,16,19). The highest BCUT2D eigenvalue weighted by Crippen LogP contribution is 2.27. The van der Waals surface area contributed by atoms with Gasteiger partial charge in [0.1, 0.15) is 5.82 Å². The first kappa shape index (κ1) is 13.8. The molecule has 19 heavy (non-hydrogen) atoms. The molecule has 104 valence electrons. The van der Waals surface area contributed by atoms with Gasteiger partial charge in [0, 0.05) is 18.3 Å². The van der Waals surface area contributed by atoms with Gasteiger partial charge in [0.25, 0.3) is 0 Å². The van der Waals surface area contributed by atoms with E-state index in [1.165, 1.54) is 12.8 Å². The van der Waals surface area contributed by atoms with E-state index in [1.807, 2.05) is 24.0 Å². The van der Waals surface area contributed by atoms with Crippen molar-refractivity contribution in [3.8, 4) is 0 Å². The Kier molecular flexibility index (Phi) is 4.37. The van der Waals surface area contributed by atoms with Crippen molar-refractivity contribution < 1.29 is 4.79 Å². The van der Waals surface area contributed by atoms with Crippen molar-refractivity contribution >= 4 is 11.7 Å². The summed E-state index contributed by atoms with van der Waals surface area (Å²) in [5.41, 5.74) is 13.0. The van der Waals surface area contributed by atoms with Gasteiger partial charge >= 0.3 is 0 Å². The highest BCUT2D eigenvalue weighted by molar-refractivity contribution is 5.79. The minimum atomic E-state index is -0.315. The van der Waals surface area contributed by atoms with E-state index in [9.17, 15) is 4.79 Å². The molecule has 5 nitrogen and oxygen atoms in total. The maximum atomic E-state index is 11.3. The second-order valence-corrected chi connectivity index (χ2v) is 5.21. The molecule has 0 bridgehead atoms. The van der Waals surface area contributed by atoms with E-state index in [0.717, 1.165) is 29.9 Å². The second kappa shape index (κ2) is 6.02. The first-order chi connectivity index (χ1) is 9.10. The highest BCUT2D eigenvalue weighted by Gasteiger charge is 2.25. The van der Waals surface area contributed by atoms with E-state index in [4.69, 9.17) is 11.5 Å². The molecule has 1 heterocycles. The number of carbonyl (C=O) groups is 1. The number of amides is 1. The summed E-state index contributed by atoms with van der Waals surface area (Å²) in [5.74, 6) is 0.510. The van der Waals surface area contributed by atoms with E-state index in [-0.39, 0.29) is 12.5 Å². The summed E-state index contributed by atoms with van der Waals surface area (Å²) in [7, 11) is 0. The van der Waals surface area contributed by atoms with Crippen molar-refractivity contribution in [3.05, 3.63) is 23.4 Å². The lowest BCUT2D eigenvalue weighted by molar-refractivity contribution is -0.116. The van der Waals surface area contributed by atoms with Gasteiger partial charge in [0.2, 0.25) is 5.91 Å². The fraction of sp³-hybridized carbons (Fsp3) is 0.571. The quantitative estimate of drug-likeness (QED) is 0.831. The number of nitrogens with two attached hydrogens (primary N) is 2. The number of anilines is 1. The summed E-state index contributed by atoms with van der Waals surface area (Å²) in [5, 5.41) is 0. The maximum absolute atomic E-state index is 11.3. The Morgan fingerprint density at radius 3 is 2.68 bits per heavy atom. The molecule has 0 unspecified atom stereocenters. The van der Waals surface area contributed by atoms with Crippen LogP contribution in [0.25, 0.3) is 0 Å². The van der Waals surface area contributed by atoms with Crippen molar-refractivity contribution in [2.45, 2.75) is 45.2 Å². The molecule has 1 aliphatic rings. The summed E-state index contributed by atoms with van der Waals surface area (Å²) in [6, 6.07) is 4.31. The van der Waals surface area contributed by atoms with E-state index < -0.39 is 0 Å². The topological polar surface area (TPSA) is 85.2 Å². The summed E-state index contributed by atoms with van der Waals surface area (Å²) < 4.78 is 0. The molecule has 1 aliphatic carbocycles. The summed E-state index contributed by atoms with van der Waals surface area (Å²) in [4.78, 5) is 17.9. The molecule has 0 radical (unpaired) electrons. The van der Waals surface area contributed by atoms with Crippen LogP contribution in [0.4, 0.5) is 5.82 Å². The van der Waals surface area contributed by atoms with Crippen LogP contribution < -0.4 is 16.4 Å². The molecule has 0 aliphatic heterocycles. The number of carbonyl (C=O) groups excluding carboxylic acids is 1. The molecule has 0 saturated heterocycles. The van der Waals surface area contributed by atoms with Gasteiger partial charge in [-0.2, -0.15) is 0 Å². The predicted molar refractivity (Wildman–Crippen MR) is 75.7 cm³/mol. The molecule has 1 fully saturated rings. The molecule has 2 rings (SSSR count). The van der Waals surface area contributed by atoms with Crippen molar-refractivity contribution in [1.29, 1.82) is 0 Å². The Hall–Kier alpha value is -1.62. The minimum Gasteiger partial charge on any atom is -0.368 e. The zero-order chi connectivity index (χ0) is 13.8. The number of aromatic nitrogens is 1. The summed E-state index contributed by atoms with van der Waals surface area (Å²) in [6.07, 6.45) is 4.60. The molecule has 1 saturated carbocycles. The number of nitrogens with zero attached hydrogens (tertiary/aromatic N) is 2. The molecular formula is C14H22N4O. The average Bonchev–Trinajstić information content (AvgIpc) is 2.88. The van der Waals surface area contributed by atoms with Crippen molar-refractivity contribution in [1.82, 2.24) is 4.98 Å². The van der Waals surface area contributed by atoms with Gasteiger partial charge in [-0.05, 0) is 37.5 Å². The van der Waals surface area contributed by atoms with Crippen molar-refractivity contribution in [3.63, 3.8) is 0 Å². The summed E-state index contributed by atoms with van der Waals surface area (Å²) >= 11 is 0. The maximum Gasteiger partial charge on any atom is 0.237 e. The number of rotatable bonds is 5. The van der Waals surface area contributed by atoms with E-state index in [2.05, 4.69) is 4.98 Å². The number of hydrogen-bond donors (Lipinski definition) is 2. The van der Waals surface area contributed by atoms with E-state index in [1.54, 1.807) is 0 Å². The molecule has 0 spiro atoms. The number of pyridine rings is 1. The molecule has 4 N–H and O–H groups in total. The smallest absolute Gasteiger partial charge is 0.237 e. The fourth-order valence-electron chi connectivity index (χ4n) is 2.77. The lowest BCUT2D eigenvalue weighted by Crippen LogP contribution is -2.40. The number of primary amides is 1. The average molecular weight is 262 g/mol. The van der Waals surface area contributed by atoms with Crippen LogP contribution in [0.2, 0.25) is 0 Å². The molecule has 1 aromatic heterocycles. The van der Waals surface area contributed by atoms with Crippen molar-refractivity contribution in [2.75, 3.05) is 11.4 Å². The lowest BCUT2D eigenvalue weighted by atomic mass is 10.1. The molecule has 1 amide bonds. The zero-order valence-corrected chi connectivity index (χ0v) is 11.4. The van der Waals surface area contributed by atoms with Gasteiger partial charge in [0.15, 0.2) is 0 Å². The largest absolute Gasteiger partial charge is 0.368 e. The van der Waals surface area contributed by atoms with Gasteiger partial charge in [-0.1, -0.05) is 12.8 Å². The van der Waals surface area contributed by atoms with Crippen LogP contribution in [0.3, 0.4) is 0 Å². The molecular weight excluding hydrogens is 240 g/mol. The number of hydrogen-bond acceptors (Lipinski definition) is 4. The van der Waals surface area contributed by atoms with Gasteiger partial charge < -0.3 is 16.4 Å². The van der Waals surface area contributed by atoms with Crippen LogP contribution in [-0.4, -0.2) is 23.5 Å². The monoisotopic (exact) mass is 262 g/mol. The fourth-order valence-corrected chi connectivity index (χ4v) is 2.77. The Labute approximate surface area is 114 Å². The van der Waals surface area contributed by atoms with Gasteiger partial charge in [0.05, 0.1) is 6.54 Å². The Morgan fingerprint density at radius 2 is 2.11 bits per heavy atom. The summed E-state index contributed by atoms with van der Waals surface area (Å²) in [6.45, 7) is 2.65. The van der Waals surface area contributed by atoms with Gasteiger partial charge in [-0.25, -0.2) is 4.98 Å². The minimum absolute atomic E-state index is 0.227. The third-order valence-electron chi connectivity index (χ3n) is 3.62. The highest BCUT2D eigenvalue weighted by atomic mass is 16.1. The van der Waals surface area contributed by atoms with E-state index >= 15 is 0 Å². The first-order valence-electron chi connectivity index (χ1n) is 6.82. The van der Waals surface area contributed by atoms with Crippen LogP contribution >= 0.6 is 0 Å².